The molecule has 2 aromatic rings. The summed E-state index contributed by atoms with van der Waals surface area (Å²) in [4.78, 5) is 9.07. The molecular weight excluding hydrogens is 218 g/mol. The van der Waals surface area contributed by atoms with Gasteiger partial charge in [-0.15, -0.1) is 11.3 Å². The van der Waals surface area contributed by atoms with Crippen molar-refractivity contribution in [1.29, 1.82) is 0 Å². The van der Waals surface area contributed by atoms with Crippen LogP contribution in [0.25, 0.3) is 10.6 Å². The largest absolute Gasteiger partial charge is 0.340 e. The van der Waals surface area contributed by atoms with E-state index >= 15 is 0 Å². The van der Waals surface area contributed by atoms with Crippen molar-refractivity contribution in [2.45, 2.75) is 32.4 Å². The van der Waals surface area contributed by atoms with Gasteiger partial charge in [0.25, 0.3) is 0 Å². The van der Waals surface area contributed by atoms with Gasteiger partial charge in [0.15, 0.2) is 0 Å². The van der Waals surface area contributed by atoms with Crippen LogP contribution in [0.15, 0.2) is 17.6 Å². The first-order valence-corrected chi connectivity index (χ1v) is 6.52. The van der Waals surface area contributed by atoms with Crippen LogP contribution in [0.5, 0.6) is 0 Å². The molecule has 2 heterocycles. The third-order valence-electron chi connectivity index (χ3n) is 2.87. The number of aromatic nitrogens is 2. The van der Waals surface area contributed by atoms with Crippen molar-refractivity contribution in [3.63, 3.8) is 0 Å². The molecule has 1 aliphatic carbocycles. The third kappa shape index (κ3) is 2.03. The molecule has 0 saturated heterocycles. The lowest BCUT2D eigenvalue weighted by atomic mass is 10.2. The molecule has 1 saturated carbocycles. The Morgan fingerprint density at radius 1 is 1.56 bits per heavy atom. The van der Waals surface area contributed by atoms with E-state index in [0.29, 0.717) is 0 Å². The highest BCUT2D eigenvalue weighted by atomic mass is 32.1. The van der Waals surface area contributed by atoms with Crippen molar-refractivity contribution < 1.29 is 0 Å². The summed E-state index contributed by atoms with van der Waals surface area (Å²) in [5, 5.41) is 5.57. The smallest absolute Gasteiger partial charge is 0.120 e. The first-order valence-electron chi connectivity index (χ1n) is 5.64. The number of imidazole rings is 1. The Morgan fingerprint density at radius 3 is 3.12 bits per heavy atom. The fourth-order valence-corrected chi connectivity index (χ4v) is 2.64. The first-order chi connectivity index (χ1) is 7.83. The Balaban J connectivity index is 1.74. The molecule has 2 N–H and O–H groups in total. The fraction of sp³-hybridized carbons (Fsp3) is 0.417. The van der Waals surface area contributed by atoms with E-state index < -0.39 is 0 Å². The lowest BCUT2D eigenvalue weighted by Gasteiger charge is -1.98. The second kappa shape index (κ2) is 4.03. The number of hydrogen-bond donors (Lipinski definition) is 2. The van der Waals surface area contributed by atoms with Crippen molar-refractivity contribution in [2.75, 3.05) is 0 Å². The zero-order valence-corrected chi connectivity index (χ0v) is 10.1. The Labute approximate surface area is 98.9 Å². The summed E-state index contributed by atoms with van der Waals surface area (Å²) in [7, 11) is 0. The molecule has 3 rings (SSSR count). The summed E-state index contributed by atoms with van der Waals surface area (Å²) in [5.74, 6) is 1.04. The Hall–Kier alpha value is -1.13. The molecule has 0 aliphatic heterocycles. The van der Waals surface area contributed by atoms with Crippen LogP contribution in [0.3, 0.4) is 0 Å². The minimum atomic E-state index is 0.733. The summed E-state index contributed by atoms with van der Waals surface area (Å²) >= 11 is 1.76. The van der Waals surface area contributed by atoms with Crippen molar-refractivity contribution in [1.82, 2.24) is 15.3 Å². The van der Waals surface area contributed by atoms with Crippen molar-refractivity contribution in [3.8, 4) is 10.6 Å². The summed E-state index contributed by atoms with van der Waals surface area (Å²) in [6, 6.07) is 2.88. The number of rotatable bonds is 4. The van der Waals surface area contributed by atoms with Gasteiger partial charge in [0, 0.05) is 6.04 Å². The molecule has 4 heteroatoms. The normalized spacial score (nSPS) is 15.6. The lowest BCUT2D eigenvalue weighted by Crippen LogP contribution is -2.16. The number of thiophene rings is 1. The molecule has 0 unspecified atom stereocenters. The molecule has 0 spiro atoms. The number of hydrogen-bond acceptors (Lipinski definition) is 3. The van der Waals surface area contributed by atoms with E-state index in [9.17, 15) is 0 Å². The average Bonchev–Trinajstić information content (AvgIpc) is 2.82. The van der Waals surface area contributed by atoms with E-state index in [1.165, 1.54) is 23.3 Å². The minimum Gasteiger partial charge on any atom is -0.340 e. The quantitative estimate of drug-likeness (QED) is 0.852. The summed E-state index contributed by atoms with van der Waals surface area (Å²) in [6.07, 6.45) is 4.57. The van der Waals surface area contributed by atoms with Gasteiger partial charge < -0.3 is 10.3 Å². The van der Waals surface area contributed by atoms with E-state index in [2.05, 4.69) is 33.7 Å². The van der Waals surface area contributed by atoms with Crippen molar-refractivity contribution in [3.05, 3.63) is 29.0 Å². The molecule has 0 atom stereocenters. The molecule has 16 heavy (non-hydrogen) atoms. The van der Waals surface area contributed by atoms with Crippen molar-refractivity contribution >= 4 is 11.3 Å². The Morgan fingerprint density at radius 2 is 2.44 bits per heavy atom. The zero-order chi connectivity index (χ0) is 11.0. The summed E-state index contributed by atoms with van der Waals surface area (Å²) in [6.45, 7) is 2.99. The van der Waals surface area contributed by atoms with Crippen LogP contribution in [0.4, 0.5) is 0 Å². The second-order valence-corrected chi connectivity index (χ2v) is 5.25. The molecule has 0 radical (unpaired) electrons. The van der Waals surface area contributed by atoms with Crippen LogP contribution in [0.2, 0.25) is 0 Å². The topological polar surface area (TPSA) is 40.7 Å². The van der Waals surface area contributed by atoms with Gasteiger partial charge in [0.1, 0.15) is 5.82 Å². The molecule has 0 amide bonds. The fourth-order valence-electron chi connectivity index (χ4n) is 1.74. The molecule has 0 bridgehead atoms. The number of nitrogens with zero attached hydrogens (tertiary/aromatic N) is 1. The van der Waals surface area contributed by atoms with Crippen LogP contribution < -0.4 is 5.32 Å². The summed E-state index contributed by atoms with van der Waals surface area (Å²) < 4.78 is 0. The van der Waals surface area contributed by atoms with E-state index in [1.54, 1.807) is 11.3 Å². The second-order valence-electron chi connectivity index (χ2n) is 4.33. The number of aromatic amines is 1. The van der Waals surface area contributed by atoms with Gasteiger partial charge in [0.05, 0.1) is 23.3 Å². The maximum absolute atomic E-state index is 4.40. The van der Waals surface area contributed by atoms with Crippen LogP contribution in [-0.4, -0.2) is 16.0 Å². The van der Waals surface area contributed by atoms with E-state index in [1.807, 2.05) is 6.20 Å². The molecular formula is C12H15N3S. The predicted octanol–water partition coefficient (Wildman–Crippen LogP) is 2.70. The van der Waals surface area contributed by atoms with Gasteiger partial charge in [-0.1, -0.05) is 0 Å². The van der Waals surface area contributed by atoms with Crippen LogP contribution in [-0.2, 0) is 6.54 Å². The third-order valence-corrected chi connectivity index (χ3v) is 3.92. The van der Waals surface area contributed by atoms with Crippen LogP contribution >= 0.6 is 11.3 Å². The maximum atomic E-state index is 4.40. The number of nitrogens with one attached hydrogen (secondary N) is 2. The highest BCUT2D eigenvalue weighted by Crippen LogP contribution is 2.27. The van der Waals surface area contributed by atoms with Gasteiger partial charge in [-0.25, -0.2) is 4.98 Å². The average molecular weight is 233 g/mol. The van der Waals surface area contributed by atoms with E-state index in [4.69, 9.17) is 0 Å². The van der Waals surface area contributed by atoms with E-state index in [-0.39, 0.29) is 0 Å². The number of H-pyrrole nitrogens is 1. The van der Waals surface area contributed by atoms with Crippen LogP contribution in [0.1, 0.15) is 24.2 Å². The highest BCUT2D eigenvalue weighted by molar-refractivity contribution is 7.13. The SMILES string of the molecule is Cc1ccsc1-c1cnc(CNC2CC2)[nH]1. The monoisotopic (exact) mass is 233 g/mol. The molecule has 1 fully saturated rings. The standard InChI is InChI=1S/C12H15N3S/c1-8-4-5-16-12(8)10-6-14-11(15-10)7-13-9-2-3-9/h4-6,9,13H,2-3,7H2,1H3,(H,14,15). The van der Waals surface area contributed by atoms with E-state index in [0.717, 1.165) is 24.1 Å². The molecule has 84 valence electrons. The van der Waals surface area contributed by atoms with Gasteiger partial charge in [0.2, 0.25) is 0 Å². The first kappa shape index (κ1) is 10.1. The van der Waals surface area contributed by atoms with Crippen molar-refractivity contribution in [2.24, 2.45) is 0 Å². The van der Waals surface area contributed by atoms with Gasteiger partial charge >= 0.3 is 0 Å². The predicted molar refractivity (Wildman–Crippen MR) is 66.5 cm³/mol. The van der Waals surface area contributed by atoms with Crippen LogP contribution in [0, 0.1) is 6.92 Å². The Bertz CT molecular complexity index is 482. The molecule has 2 aromatic heterocycles. The molecule has 0 aromatic carbocycles. The molecule has 1 aliphatic rings. The lowest BCUT2D eigenvalue weighted by molar-refractivity contribution is 0.664. The minimum absolute atomic E-state index is 0.733. The maximum Gasteiger partial charge on any atom is 0.120 e. The molecule has 3 nitrogen and oxygen atoms in total. The Kier molecular flexibility index (Phi) is 2.53. The zero-order valence-electron chi connectivity index (χ0n) is 9.29. The summed E-state index contributed by atoms with van der Waals surface area (Å²) in [5.41, 5.74) is 2.45. The highest BCUT2D eigenvalue weighted by Gasteiger charge is 2.20. The number of aryl methyl sites for hydroxylation is 1. The van der Waals surface area contributed by atoms with Gasteiger partial charge in [-0.3, -0.25) is 0 Å². The van der Waals surface area contributed by atoms with Gasteiger partial charge in [-0.05, 0) is 36.8 Å². The van der Waals surface area contributed by atoms with Gasteiger partial charge in [-0.2, -0.15) is 0 Å².